The fraction of sp³-hybridized carbons (Fsp3) is 0.261. The van der Waals surface area contributed by atoms with Gasteiger partial charge < -0.3 is 10.1 Å². The third-order valence-corrected chi connectivity index (χ3v) is 5.88. The molecule has 0 unspecified atom stereocenters. The number of halogens is 1. The molecule has 2 aliphatic rings. The van der Waals surface area contributed by atoms with Crippen molar-refractivity contribution in [2.45, 2.75) is 13.3 Å². The number of carbonyl (C=O) groups excluding carboxylic acids is 3. The molecule has 2 aromatic carbocycles. The van der Waals surface area contributed by atoms with E-state index in [0.29, 0.717) is 34.1 Å². The average molecular weight is 425 g/mol. The van der Waals surface area contributed by atoms with Crippen molar-refractivity contribution in [2.24, 2.45) is 17.8 Å². The van der Waals surface area contributed by atoms with E-state index in [1.165, 1.54) is 12.0 Å². The smallest absolute Gasteiger partial charge is 0.255 e. The van der Waals surface area contributed by atoms with E-state index in [4.69, 9.17) is 16.3 Å². The molecule has 30 heavy (non-hydrogen) atoms. The van der Waals surface area contributed by atoms with Crippen LogP contribution in [0.3, 0.4) is 0 Å². The highest BCUT2D eigenvalue weighted by atomic mass is 35.5. The molecule has 1 heterocycles. The van der Waals surface area contributed by atoms with Crippen LogP contribution in [0.2, 0.25) is 5.02 Å². The lowest BCUT2D eigenvalue weighted by molar-refractivity contribution is -0.122. The number of imide groups is 1. The number of allylic oxidation sites excluding steroid dienone is 2. The zero-order chi connectivity index (χ0) is 21.4. The van der Waals surface area contributed by atoms with Gasteiger partial charge in [-0.15, -0.1) is 0 Å². The lowest BCUT2D eigenvalue weighted by atomic mass is 9.78. The van der Waals surface area contributed by atoms with Gasteiger partial charge in [-0.05, 0) is 48.7 Å². The molecule has 0 radical (unpaired) electrons. The minimum absolute atomic E-state index is 0.00646. The molecule has 3 amide bonds. The maximum Gasteiger partial charge on any atom is 0.255 e. The van der Waals surface area contributed by atoms with Gasteiger partial charge in [-0.2, -0.15) is 0 Å². The first-order chi connectivity index (χ1) is 14.4. The average Bonchev–Trinajstić information content (AvgIpc) is 2.99. The highest BCUT2D eigenvalue weighted by molar-refractivity contribution is 6.31. The summed E-state index contributed by atoms with van der Waals surface area (Å²) in [5, 5.41) is 3.23. The van der Waals surface area contributed by atoms with E-state index >= 15 is 0 Å². The fourth-order valence-corrected chi connectivity index (χ4v) is 4.33. The minimum atomic E-state index is -0.399. The minimum Gasteiger partial charge on any atom is -0.495 e. The molecule has 3 atom stereocenters. The molecule has 1 N–H and O–H groups in total. The highest BCUT2D eigenvalue weighted by Gasteiger charge is 2.50. The van der Waals surface area contributed by atoms with Gasteiger partial charge in [0.05, 0.1) is 30.3 Å². The monoisotopic (exact) mass is 424 g/mol. The van der Waals surface area contributed by atoms with Gasteiger partial charge in [-0.25, -0.2) is 0 Å². The molecule has 4 rings (SSSR count). The lowest BCUT2D eigenvalue weighted by Gasteiger charge is -2.22. The Hall–Kier alpha value is -3.12. The molecule has 0 aromatic heterocycles. The van der Waals surface area contributed by atoms with Crippen LogP contribution in [0.25, 0.3) is 0 Å². The lowest BCUT2D eigenvalue weighted by Crippen LogP contribution is -2.31. The molecule has 2 aromatic rings. The van der Waals surface area contributed by atoms with E-state index in [1.54, 1.807) is 42.5 Å². The second-order valence-corrected chi connectivity index (χ2v) is 7.95. The molecule has 0 spiro atoms. The Morgan fingerprint density at radius 3 is 2.70 bits per heavy atom. The van der Waals surface area contributed by atoms with Crippen molar-refractivity contribution in [3.05, 3.63) is 65.2 Å². The number of amides is 3. The van der Waals surface area contributed by atoms with Gasteiger partial charge in [0.2, 0.25) is 11.8 Å². The number of benzene rings is 2. The Labute approximate surface area is 179 Å². The summed E-state index contributed by atoms with van der Waals surface area (Å²) in [5.41, 5.74) is 1.15. The Kier molecular flexibility index (Phi) is 5.35. The van der Waals surface area contributed by atoms with E-state index in [9.17, 15) is 14.4 Å². The van der Waals surface area contributed by atoms with Crippen molar-refractivity contribution in [2.75, 3.05) is 17.3 Å². The third-order valence-electron chi connectivity index (χ3n) is 5.65. The van der Waals surface area contributed by atoms with Crippen LogP contribution >= 0.6 is 11.6 Å². The Bertz CT molecular complexity index is 1060. The fourth-order valence-electron chi connectivity index (χ4n) is 4.16. The summed E-state index contributed by atoms with van der Waals surface area (Å²) >= 11 is 6.02. The number of nitrogens with zero attached hydrogens (tertiary/aromatic N) is 1. The van der Waals surface area contributed by atoms with E-state index in [2.05, 4.69) is 5.32 Å². The second kappa shape index (κ2) is 7.95. The number of hydrogen-bond acceptors (Lipinski definition) is 4. The van der Waals surface area contributed by atoms with Crippen LogP contribution in [0, 0.1) is 17.8 Å². The summed E-state index contributed by atoms with van der Waals surface area (Å²) in [6, 6.07) is 11.4. The molecular formula is C23H21ClN2O4. The highest BCUT2D eigenvalue weighted by Crippen LogP contribution is 2.40. The number of rotatable bonds is 4. The summed E-state index contributed by atoms with van der Waals surface area (Å²) in [5.74, 6) is -1.04. The molecule has 0 saturated carbocycles. The molecular weight excluding hydrogens is 404 g/mol. The number of fused-ring (bicyclic) bond motifs is 1. The maximum atomic E-state index is 13.0. The predicted octanol–water partition coefficient (Wildman–Crippen LogP) is 4.30. The van der Waals surface area contributed by atoms with Crippen molar-refractivity contribution in [3.8, 4) is 5.75 Å². The van der Waals surface area contributed by atoms with Crippen molar-refractivity contribution >= 4 is 40.7 Å². The molecule has 6 nitrogen and oxygen atoms in total. The van der Waals surface area contributed by atoms with Gasteiger partial charge in [0.15, 0.2) is 0 Å². The van der Waals surface area contributed by atoms with Gasteiger partial charge in [0.1, 0.15) is 5.75 Å². The summed E-state index contributed by atoms with van der Waals surface area (Å²) in [6.07, 6.45) is 4.51. The van der Waals surface area contributed by atoms with Crippen LogP contribution in [0.15, 0.2) is 54.6 Å². The standard InChI is InChI=1S/C23H21ClN2O4/c1-13-5-3-8-17-20(13)23(29)26(22(17)28)16-7-4-6-14(11-16)21(27)25-18-12-15(24)9-10-19(18)30-2/h3-7,9-13,17,20H,8H2,1-2H3,(H,25,27)/t13-,17-,20+/m1/s1. The molecule has 1 saturated heterocycles. The van der Waals surface area contributed by atoms with Crippen LogP contribution in [-0.4, -0.2) is 24.8 Å². The maximum absolute atomic E-state index is 13.0. The van der Waals surface area contributed by atoms with Crippen LogP contribution in [-0.2, 0) is 9.59 Å². The number of nitrogens with one attached hydrogen (secondary N) is 1. The van der Waals surface area contributed by atoms with Crippen molar-refractivity contribution in [1.29, 1.82) is 0 Å². The van der Waals surface area contributed by atoms with E-state index in [-0.39, 0.29) is 29.6 Å². The summed E-state index contributed by atoms with van der Waals surface area (Å²) < 4.78 is 5.26. The zero-order valence-corrected chi connectivity index (χ0v) is 17.3. The van der Waals surface area contributed by atoms with Crippen molar-refractivity contribution in [1.82, 2.24) is 0 Å². The van der Waals surface area contributed by atoms with Crippen LogP contribution in [0.5, 0.6) is 5.75 Å². The zero-order valence-electron chi connectivity index (χ0n) is 16.6. The van der Waals surface area contributed by atoms with E-state index in [0.717, 1.165) is 0 Å². The third kappa shape index (κ3) is 3.48. The molecule has 1 fully saturated rings. The van der Waals surface area contributed by atoms with E-state index in [1.807, 2.05) is 19.1 Å². The van der Waals surface area contributed by atoms with Gasteiger partial charge in [-0.3, -0.25) is 19.3 Å². The van der Waals surface area contributed by atoms with Gasteiger partial charge in [0, 0.05) is 10.6 Å². The van der Waals surface area contributed by atoms with E-state index < -0.39 is 5.91 Å². The largest absolute Gasteiger partial charge is 0.495 e. The predicted molar refractivity (Wildman–Crippen MR) is 115 cm³/mol. The second-order valence-electron chi connectivity index (χ2n) is 7.52. The first kappa shape index (κ1) is 20.2. The number of methoxy groups -OCH3 is 1. The number of anilines is 2. The summed E-state index contributed by atoms with van der Waals surface area (Å²) in [6.45, 7) is 1.95. The quantitative estimate of drug-likeness (QED) is 0.586. The first-order valence-electron chi connectivity index (χ1n) is 9.70. The van der Waals surface area contributed by atoms with Gasteiger partial charge >= 0.3 is 0 Å². The number of hydrogen-bond donors (Lipinski definition) is 1. The molecule has 154 valence electrons. The Morgan fingerprint density at radius 2 is 1.97 bits per heavy atom. The SMILES string of the molecule is COc1ccc(Cl)cc1NC(=O)c1cccc(N2C(=O)[C@H]3[C@H](C)C=CC[C@H]3C2=O)c1. The topological polar surface area (TPSA) is 75.7 Å². The number of ether oxygens (including phenoxy) is 1. The molecule has 1 aliphatic heterocycles. The van der Waals surface area contributed by atoms with Crippen LogP contribution in [0.1, 0.15) is 23.7 Å². The normalized spacial score (nSPS) is 22.8. The summed E-state index contributed by atoms with van der Waals surface area (Å²) in [7, 11) is 1.50. The molecule has 0 bridgehead atoms. The van der Waals surface area contributed by atoms with Crippen LogP contribution in [0.4, 0.5) is 11.4 Å². The summed E-state index contributed by atoms with van der Waals surface area (Å²) in [4.78, 5) is 40.0. The number of carbonyl (C=O) groups is 3. The Balaban J connectivity index is 1.61. The van der Waals surface area contributed by atoms with Gasteiger partial charge in [0.25, 0.3) is 5.91 Å². The molecule has 7 heteroatoms. The van der Waals surface area contributed by atoms with Gasteiger partial charge in [-0.1, -0.05) is 36.7 Å². The first-order valence-corrected chi connectivity index (χ1v) is 10.1. The molecule has 1 aliphatic carbocycles. The van der Waals surface area contributed by atoms with Crippen molar-refractivity contribution in [3.63, 3.8) is 0 Å². The Morgan fingerprint density at radius 1 is 1.17 bits per heavy atom. The van der Waals surface area contributed by atoms with Crippen molar-refractivity contribution < 1.29 is 19.1 Å². The van der Waals surface area contributed by atoms with Crippen LogP contribution < -0.4 is 15.0 Å².